The standard InChI is InChI=1S/C39H26NS/c1-5-15-27(16-6-1)34-31-23-13-14-24-33(31)40-37(30-21-11-4-12-22-30)36(29-19-9-3-10-20-29)39-32(25-26-41-39)38(40)35(34)28-17-7-2-8-18-28/h1-26H/q+1. The third kappa shape index (κ3) is 3.80. The summed E-state index contributed by atoms with van der Waals surface area (Å²) in [5.41, 5.74) is 12.3. The van der Waals surface area contributed by atoms with Crippen LogP contribution in [0.2, 0.25) is 0 Å². The van der Waals surface area contributed by atoms with Crippen LogP contribution < -0.4 is 4.40 Å². The van der Waals surface area contributed by atoms with Gasteiger partial charge in [0.1, 0.15) is 0 Å². The lowest BCUT2D eigenvalue weighted by Crippen LogP contribution is -2.29. The molecular formula is C39H26NS+. The van der Waals surface area contributed by atoms with Crippen LogP contribution in [0.4, 0.5) is 0 Å². The number of fused-ring (bicyclic) bond motifs is 5. The number of nitrogens with zero attached hydrogens (tertiary/aromatic N) is 1. The molecular weight excluding hydrogens is 515 g/mol. The van der Waals surface area contributed by atoms with Gasteiger partial charge in [0.15, 0.2) is 0 Å². The third-order valence-electron chi connectivity index (χ3n) is 7.97. The Bertz CT molecular complexity index is 2130. The Morgan fingerprint density at radius 2 is 0.878 bits per heavy atom. The lowest BCUT2D eigenvalue weighted by Gasteiger charge is -2.18. The van der Waals surface area contributed by atoms with E-state index in [1.165, 1.54) is 71.1 Å². The largest absolute Gasteiger partial charge is 0.229 e. The lowest BCUT2D eigenvalue weighted by molar-refractivity contribution is -0.466. The molecule has 0 spiro atoms. The fourth-order valence-electron chi connectivity index (χ4n) is 6.29. The number of para-hydroxylation sites is 1. The monoisotopic (exact) mass is 540 g/mol. The van der Waals surface area contributed by atoms with E-state index in [0.29, 0.717) is 0 Å². The van der Waals surface area contributed by atoms with Crippen LogP contribution in [0, 0.1) is 0 Å². The van der Waals surface area contributed by atoms with Crippen LogP contribution in [0.3, 0.4) is 0 Å². The Morgan fingerprint density at radius 3 is 1.49 bits per heavy atom. The fraction of sp³-hybridized carbons (Fsp3) is 0. The van der Waals surface area contributed by atoms with Gasteiger partial charge in [-0.3, -0.25) is 0 Å². The Balaban J connectivity index is 1.72. The Labute approximate surface area is 243 Å². The number of rotatable bonds is 4. The van der Waals surface area contributed by atoms with Crippen molar-refractivity contribution in [3.8, 4) is 44.6 Å². The molecule has 1 nitrogen and oxygen atoms in total. The van der Waals surface area contributed by atoms with Gasteiger partial charge in [0, 0.05) is 17.2 Å². The molecule has 3 heterocycles. The summed E-state index contributed by atoms with van der Waals surface area (Å²) in [5, 5.41) is 4.76. The second-order valence-corrected chi connectivity index (χ2v) is 11.2. The Hall–Kier alpha value is -5.05. The normalized spacial score (nSPS) is 11.4. The average molecular weight is 541 g/mol. The number of aromatic nitrogens is 1. The van der Waals surface area contributed by atoms with E-state index in [4.69, 9.17) is 0 Å². The molecule has 0 radical (unpaired) electrons. The second-order valence-electron chi connectivity index (χ2n) is 10.3. The van der Waals surface area contributed by atoms with E-state index in [1.54, 1.807) is 0 Å². The molecule has 0 aliphatic heterocycles. The minimum atomic E-state index is 1.20. The molecule has 8 rings (SSSR count). The molecule has 8 aromatic rings. The molecule has 0 atom stereocenters. The van der Waals surface area contributed by atoms with Crippen molar-refractivity contribution >= 4 is 37.8 Å². The SMILES string of the molecule is c1ccc(-c2c(-c3ccccc3)c3c4ccsc4c(-c4ccccc4)c(-c4ccccc4)[n+]3c3ccccc23)cc1. The molecule has 0 bridgehead atoms. The van der Waals surface area contributed by atoms with Gasteiger partial charge in [-0.05, 0) is 46.3 Å². The van der Waals surface area contributed by atoms with Crippen LogP contribution in [0.15, 0.2) is 157 Å². The van der Waals surface area contributed by atoms with E-state index < -0.39 is 0 Å². The molecule has 0 amide bonds. The number of benzene rings is 5. The number of pyridine rings is 2. The van der Waals surface area contributed by atoms with E-state index in [1.807, 2.05) is 11.3 Å². The number of hydrogen-bond acceptors (Lipinski definition) is 1. The van der Waals surface area contributed by atoms with Crippen molar-refractivity contribution in [2.75, 3.05) is 0 Å². The molecule has 0 saturated carbocycles. The molecule has 0 fully saturated rings. The van der Waals surface area contributed by atoms with Crippen LogP contribution in [-0.4, -0.2) is 0 Å². The van der Waals surface area contributed by atoms with E-state index in [0.717, 1.165) is 0 Å². The molecule has 0 aliphatic carbocycles. The second kappa shape index (κ2) is 9.85. The minimum Gasteiger partial charge on any atom is -0.151 e. The lowest BCUT2D eigenvalue weighted by atomic mass is 9.88. The average Bonchev–Trinajstić information content (AvgIpc) is 3.55. The van der Waals surface area contributed by atoms with Crippen molar-refractivity contribution < 1.29 is 4.40 Å². The van der Waals surface area contributed by atoms with Gasteiger partial charge in [0.25, 0.3) is 0 Å². The maximum Gasteiger partial charge on any atom is 0.229 e. The minimum absolute atomic E-state index is 1.20. The highest BCUT2D eigenvalue weighted by atomic mass is 32.1. The van der Waals surface area contributed by atoms with E-state index in [9.17, 15) is 0 Å². The summed E-state index contributed by atoms with van der Waals surface area (Å²) >= 11 is 1.83. The van der Waals surface area contributed by atoms with Crippen LogP contribution in [-0.2, 0) is 0 Å². The first-order valence-corrected chi connectivity index (χ1v) is 14.8. The maximum atomic E-state index is 2.54. The van der Waals surface area contributed by atoms with Crippen molar-refractivity contribution in [2.24, 2.45) is 0 Å². The number of hydrogen-bond donors (Lipinski definition) is 0. The van der Waals surface area contributed by atoms with Gasteiger partial charge in [-0.25, -0.2) is 0 Å². The first kappa shape index (κ1) is 23.8. The van der Waals surface area contributed by atoms with Gasteiger partial charge in [-0.15, -0.1) is 11.3 Å². The van der Waals surface area contributed by atoms with Crippen molar-refractivity contribution in [3.05, 3.63) is 157 Å². The summed E-state index contributed by atoms with van der Waals surface area (Å²) in [4.78, 5) is 0. The van der Waals surface area contributed by atoms with Crippen LogP contribution in [0.1, 0.15) is 0 Å². The Kier molecular flexibility index (Phi) is 5.72. The summed E-state index contributed by atoms with van der Waals surface area (Å²) in [6.07, 6.45) is 0. The van der Waals surface area contributed by atoms with Gasteiger partial charge in [-0.2, -0.15) is 4.40 Å². The van der Waals surface area contributed by atoms with Gasteiger partial charge in [0.2, 0.25) is 16.7 Å². The third-order valence-corrected chi connectivity index (χ3v) is 8.90. The van der Waals surface area contributed by atoms with Gasteiger partial charge in [-0.1, -0.05) is 121 Å². The zero-order chi connectivity index (χ0) is 27.2. The summed E-state index contributed by atoms with van der Waals surface area (Å²) in [6, 6.07) is 54.7. The highest BCUT2D eigenvalue weighted by Crippen LogP contribution is 2.46. The topological polar surface area (TPSA) is 4.10 Å². The summed E-state index contributed by atoms with van der Waals surface area (Å²) in [7, 11) is 0. The summed E-state index contributed by atoms with van der Waals surface area (Å²) in [6.45, 7) is 0. The van der Waals surface area contributed by atoms with Crippen molar-refractivity contribution in [1.29, 1.82) is 0 Å². The summed E-state index contributed by atoms with van der Waals surface area (Å²) in [5.74, 6) is 0. The molecule has 0 N–H and O–H groups in total. The van der Waals surface area contributed by atoms with Gasteiger partial charge < -0.3 is 0 Å². The molecule has 5 aromatic carbocycles. The zero-order valence-electron chi connectivity index (χ0n) is 22.4. The molecule has 0 saturated heterocycles. The summed E-state index contributed by atoms with van der Waals surface area (Å²) < 4.78 is 3.85. The van der Waals surface area contributed by atoms with E-state index in [-0.39, 0.29) is 0 Å². The Morgan fingerprint density at radius 1 is 0.390 bits per heavy atom. The van der Waals surface area contributed by atoms with Crippen LogP contribution in [0.25, 0.3) is 71.1 Å². The van der Waals surface area contributed by atoms with E-state index in [2.05, 4.69) is 161 Å². The molecule has 2 heteroatoms. The molecule has 41 heavy (non-hydrogen) atoms. The molecule has 3 aromatic heterocycles. The highest BCUT2D eigenvalue weighted by molar-refractivity contribution is 7.18. The van der Waals surface area contributed by atoms with Crippen molar-refractivity contribution in [1.82, 2.24) is 0 Å². The molecule has 0 aliphatic rings. The van der Waals surface area contributed by atoms with Crippen molar-refractivity contribution in [2.45, 2.75) is 0 Å². The zero-order valence-corrected chi connectivity index (χ0v) is 23.2. The smallest absolute Gasteiger partial charge is 0.151 e. The predicted octanol–water partition coefficient (Wildman–Crippen LogP) is 10.5. The van der Waals surface area contributed by atoms with Crippen LogP contribution in [0.5, 0.6) is 0 Å². The first-order chi connectivity index (χ1) is 20.4. The highest BCUT2D eigenvalue weighted by Gasteiger charge is 2.32. The molecule has 192 valence electrons. The fourth-order valence-corrected chi connectivity index (χ4v) is 7.26. The maximum absolute atomic E-state index is 2.54. The van der Waals surface area contributed by atoms with Crippen molar-refractivity contribution in [3.63, 3.8) is 0 Å². The predicted molar refractivity (Wildman–Crippen MR) is 174 cm³/mol. The van der Waals surface area contributed by atoms with Gasteiger partial charge >= 0.3 is 0 Å². The number of thiophene rings is 1. The quantitative estimate of drug-likeness (QED) is 0.154. The van der Waals surface area contributed by atoms with E-state index >= 15 is 0 Å². The molecule has 0 unspecified atom stereocenters. The first-order valence-electron chi connectivity index (χ1n) is 14.0. The van der Waals surface area contributed by atoms with Gasteiger partial charge in [0.05, 0.1) is 26.6 Å². The van der Waals surface area contributed by atoms with Crippen LogP contribution >= 0.6 is 11.3 Å².